The molecule has 3 aromatic carbocycles. The molecule has 2 heterocycles. The van der Waals surface area contributed by atoms with Gasteiger partial charge in [0.2, 0.25) is 5.91 Å². The maximum atomic E-state index is 13.4. The van der Waals surface area contributed by atoms with Gasteiger partial charge in [0, 0.05) is 25.2 Å². The lowest BCUT2D eigenvalue weighted by Crippen LogP contribution is -2.44. The molecule has 1 saturated heterocycles. The molecule has 180 valence electrons. The van der Waals surface area contributed by atoms with Crippen molar-refractivity contribution in [2.24, 2.45) is 5.92 Å². The molecule has 1 atom stereocenters. The van der Waals surface area contributed by atoms with Gasteiger partial charge >= 0.3 is 0 Å². The van der Waals surface area contributed by atoms with Gasteiger partial charge in [0.05, 0.1) is 0 Å². The van der Waals surface area contributed by atoms with Crippen molar-refractivity contribution < 1.29 is 9.59 Å². The van der Waals surface area contributed by atoms with Crippen LogP contribution in [0.4, 0.5) is 0 Å². The van der Waals surface area contributed by atoms with Crippen LogP contribution in [-0.2, 0) is 17.8 Å². The first-order chi connectivity index (χ1) is 17.2. The number of carbonyl (C=O) groups excluding carboxylic acids is 2. The zero-order chi connectivity index (χ0) is 24.0. The summed E-state index contributed by atoms with van der Waals surface area (Å²) in [5, 5.41) is 3.13. The van der Waals surface area contributed by atoms with Crippen molar-refractivity contribution in [3.05, 3.63) is 107 Å². The molecule has 5 nitrogen and oxygen atoms in total. The standard InChI is InChI=1S/C30H33N3O2/c34-29(31-17-20-32-18-15-24(16-19-32)21-23-9-3-1-4-10-23)28(25-11-5-2-6-12-25)33-22-26-13-7-8-14-27(26)30(33)35/h1-14,24,28H,15-22H2,(H,31,34)/t28-/m0/s1. The Kier molecular flexibility index (Phi) is 7.24. The molecule has 2 amide bonds. The molecular formula is C30H33N3O2. The second kappa shape index (κ2) is 10.9. The first kappa shape index (κ1) is 23.3. The van der Waals surface area contributed by atoms with Crippen LogP contribution in [0.5, 0.6) is 0 Å². The van der Waals surface area contributed by atoms with E-state index in [1.165, 1.54) is 18.4 Å². The van der Waals surface area contributed by atoms with Crippen LogP contribution in [0, 0.1) is 5.92 Å². The van der Waals surface area contributed by atoms with Crippen LogP contribution in [0.15, 0.2) is 84.9 Å². The predicted octanol–water partition coefficient (Wildman–Crippen LogP) is 4.45. The SMILES string of the molecule is O=C(NCCN1CCC(Cc2ccccc2)CC1)[C@H](c1ccccc1)N1Cc2ccccc2C1=O. The van der Waals surface area contributed by atoms with Gasteiger partial charge in [-0.05, 0) is 61.0 Å². The lowest BCUT2D eigenvalue weighted by atomic mass is 9.90. The number of carbonyl (C=O) groups is 2. The Morgan fingerprint density at radius 2 is 1.54 bits per heavy atom. The molecule has 0 unspecified atom stereocenters. The molecule has 3 aromatic rings. The third kappa shape index (κ3) is 5.46. The molecule has 35 heavy (non-hydrogen) atoms. The summed E-state index contributed by atoms with van der Waals surface area (Å²) in [4.78, 5) is 30.7. The largest absolute Gasteiger partial charge is 0.353 e. The average Bonchev–Trinajstić information content (AvgIpc) is 3.22. The van der Waals surface area contributed by atoms with Gasteiger partial charge in [0.1, 0.15) is 6.04 Å². The summed E-state index contributed by atoms with van der Waals surface area (Å²) in [6.07, 6.45) is 3.53. The lowest BCUT2D eigenvalue weighted by Gasteiger charge is -2.32. The number of piperidine rings is 1. The van der Waals surface area contributed by atoms with E-state index in [0.717, 1.165) is 43.1 Å². The minimum absolute atomic E-state index is 0.0786. The molecule has 0 radical (unpaired) electrons. The van der Waals surface area contributed by atoms with Crippen molar-refractivity contribution in [1.29, 1.82) is 0 Å². The Hall–Kier alpha value is -3.44. The summed E-state index contributed by atoms with van der Waals surface area (Å²) in [6.45, 7) is 4.00. The van der Waals surface area contributed by atoms with Crippen molar-refractivity contribution in [2.75, 3.05) is 26.2 Å². The van der Waals surface area contributed by atoms with Crippen LogP contribution in [0.2, 0.25) is 0 Å². The summed E-state index contributed by atoms with van der Waals surface area (Å²) >= 11 is 0. The van der Waals surface area contributed by atoms with Crippen molar-refractivity contribution in [3.63, 3.8) is 0 Å². The van der Waals surface area contributed by atoms with E-state index in [4.69, 9.17) is 0 Å². The summed E-state index contributed by atoms with van der Waals surface area (Å²) in [5.41, 5.74) is 3.93. The van der Waals surface area contributed by atoms with Gasteiger partial charge < -0.3 is 15.1 Å². The molecule has 1 fully saturated rings. The van der Waals surface area contributed by atoms with E-state index in [1.807, 2.05) is 54.6 Å². The fourth-order valence-corrected chi connectivity index (χ4v) is 5.39. The molecule has 0 saturated carbocycles. The Morgan fingerprint density at radius 3 is 2.26 bits per heavy atom. The highest BCUT2D eigenvalue weighted by molar-refractivity contribution is 6.01. The van der Waals surface area contributed by atoms with Crippen LogP contribution in [-0.4, -0.2) is 47.8 Å². The average molecular weight is 468 g/mol. The maximum Gasteiger partial charge on any atom is 0.255 e. The highest BCUT2D eigenvalue weighted by Gasteiger charge is 2.37. The molecule has 5 heteroatoms. The Balaban J connectivity index is 1.16. The summed E-state index contributed by atoms with van der Waals surface area (Å²) < 4.78 is 0. The minimum Gasteiger partial charge on any atom is -0.353 e. The van der Waals surface area contributed by atoms with E-state index in [-0.39, 0.29) is 11.8 Å². The van der Waals surface area contributed by atoms with E-state index in [1.54, 1.807) is 4.90 Å². The molecule has 5 rings (SSSR count). The smallest absolute Gasteiger partial charge is 0.255 e. The predicted molar refractivity (Wildman–Crippen MR) is 138 cm³/mol. The number of rotatable bonds is 8. The van der Waals surface area contributed by atoms with Gasteiger partial charge in [-0.2, -0.15) is 0 Å². The molecule has 0 aromatic heterocycles. The highest BCUT2D eigenvalue weighted by atomic mass is 16.2. The monoisotopic (exact) mass is 467 g/mol. The molecule has 0 aliphatic carbocycles. The van der Waals surface area contributed by atoms with Gasteiger partial charge in [0.15, 0.2) is 0 Å². The number of hydrogen-bond donors (Lipinski definition) is 1. The van der Waals surface area contributed by atoms with E-state index in [9.17, 15) is 9.59 Å². The van der Waals surface area contributed by atoms with Crippen molar-refractivity contribution in [1.82, 2.24) is 15.1 Å². The van der Waals surface area contributed by atoms with Crippen molar-refractivity contribution in [3.8, 4) is 0 Å². The Morgan fingerprint density at radius 1 is 0.886 bits per heavy atom. The Bertz CT molecular complexity index is 1140. The second-order valence-electron chi connectivity index (χ2n) is 9.67. The zero-order valence-corrected chi connectivity index (χ0v) is 20.1. The topological polar surface area (TPSA) is 52.7 Å². The van der Waals surface area contributed by atoms with Crippen LogP contribution in [0.3, 0.4) is 0 Å². The van der Waals surface area contributed by atoms with Crippen molar-refractivity contribution in [2.45, 2.75) is 31.8 Å². The molecule has 1 N–H and O–H groups in total. The molecule has 0 spiro atoms. The van der Waals surface area contributed by atoms with Gasteiger partial charge in [0.25, 0.3) is 5.91 Å². The summed E-state index contributed by atoms with van der Waals surface area (Å²) in [5.74, 6) is 0.537. The van der Waals surface area contributed by atoms with Gasteiger partial charge in [-0.25, -0.2) is 0 Å². The third-order valence-electron chi connectivity index (χ3n) is 7.33. The number of nitrogens with one attached hydrogen (secondary N) is 1. The maximum absolute atomic E-state index is 13.4. The number of hydrogen-bond acceptors (Lipinski definition) is 3. The minimum atomic E-state index is -0.632. The first-order valence-electron chi connectivity index (χ1n) is 12.7. The van der Waals surface area contributed by atoms with Gasteiger partial charge in [-0.3, -0.25) is 9.59 Å². The lowest BCUT2D eigenvalue weighted by molar-refractivity contribution is -0.126. The molecular weight excluding hydrogens is 434 g/mol. The molecule has 2 aliphatic heterocycles. The quantitative estimate of drug-likeness (QED) is 0.532. The van der Waals surface area contributed by atoms with Crippen molar-refractivity contribution >= 4 is 11.8 Å². The summed E-state index contributed by atoms with van der Waals surface area (Å²) in [7, 11) is 0. The van der Waals surface area contributed by atoms with Crippen LogP contribution >= 0.6 is 0 Å². The van der Waals surface area contributed by atoms with E-state index in [2.05, 4.69) is 40.5 Å². The van der Waals surface area contributed by atoms with Gasteiger partial charge in [-0.15, -0.1) is 0 Å². The van der Waals surface area contributed by atoms with E-state index < -0.39 is 6.04 Å². The van der Waals surface area contributed by atoms with Crippen LogP contribution in [0.1, 0.15) is 45.9 Å². The Labute approximate surface area is 207 Å². The highest BCUT2D eigenvalue weighted by Crippen LogP contribution is 2.31. The fourth-order valence-electron chi connectivity index (χ4n) is 5.39. The van der Waals surface area contributed by atoms with Crippen LogP contribution < -0.4 is 5.32 Å². The summed E-state index contributed by atoms with van der Waals surface area (Å²) in [6, 6.07) is 27.4. The molecule has 0 bridgehead atoms. The van der Waals surface area contributed by atoms with E-state index in [0.29, 0.717) is 18.7 Å². The first-order valence-corrected chi connectivity index (χ1v) is 12.7. The van der Waals surface area contributed by atoms with Crippen LogP contribution in [0.25, 0.3) is 0 Å². The number of amides is 2. The second-order valence-corrected chi connectivity index (χ2v) is 9.67. The number of likely N-dealkylation sites (tertiary alicyclic amines) is 1. The molecule has 2 aliphatic rings. The number of benzene rings is 3. The number of fused-ring (bicyclic) bond motifs is 1. The van der Waals surface area contributed by atoms with E-state index >= 15 is 0 Å². The third-order valence-corrected chi connectivity index (χ3v) is 7.33. The zero-order valence-electron chi connectivity index (χ0n) is 20.1. The number of nitrogens with zero attached hydrogens (tertiary/aromatic N) is 2. The normalized spacial score (nSPS) is 17.3. The fraction of sp³-hybridized carbons (Fsp3) is 0.333. The van der Waals surface area contributed by atoms with Gasteiger partial charge in [-0.1, -0.05) is 78.9 Å².